The van der Waals surface area contributed by atoms with E-state index in [2.05, 4.69) is 26.1 Å². The van der Waals surface area contributed by atoms with Gasteiger partial charge < -0.3 is 19.7 Å². The number of carbonyl (C=O) groups is 2. The average Bonchev–Trinajstić information content (AvgIpc) is 2.92. The molecule has 7 nitrogen and oxygen atoms in total. The van der Waals surface area contributed by atoms with Gasteiger partial charge in [0.05, 0.1) is 11.1 Å². The summed E-state index contributed by atoms with van der Waals surface area (Å²) in [7, 11) is 0. The zero-order chi connectivity index (χ0) is 31.3. The van der Waals surface area contributed by atoms with Crippen LogP contribution in [0.4, 0.5) is 14.6 Å². The van der Waals surface area contributed by atoms with E-state index in [9.17, 15) is 18.4 Å². The minimum Gasteiger partial charge on any atom is -0.460 e. The van der Waals surface area contributed by atoms with Crippen LogP contribution in [0.2, 0.25) is 5.02 Å². The lowest BCUT2D eigenvalue weighted by Crippen LogP contribution is -2.33. The Kier molecular flexibility index (Phi) is 10.9. The predicted molar refractivity (Wildman–Crippen MR) is 168 cm³/mol. The molecule has 0 saturated carbocycles. The number of nitrogens with zero attached hydrogens (tertiary/aromatic N) is 2. The fraction of sp³-hybridized carbons (Fsp3) is 0.469. The highest BCUT2D eigenvalue weighted by Gasteiger charge is 2.27. The summed E-state index contributed by atoms with van der Waals surface area (Å²) in [5.41, 5.74) is 1.55. The third kappa shape index (κ3) is 8.56. The van der Waals surface area contributed by atoms with E-state index in [0.29, 0.717) is 22.0 Å². The van der Waals surface area contributed by atoms with Crippen molar-refractivity contribution in [2.75, 3.05) is 24.5 Å². The van der Waals surface area contributed by atoms with Gasteiger partial charge in [0.25, 0.3) is 5.91 Å². The Morgan fingerprint density at radius 2 is 1.86 bits per heavy atom. The number of amides is 1. The molecule has 1 aliphatic heterocycles. The highest BCUT2D eigenvalue weighted by molar-refractivity contribution is 9.10. The molecular formula is C32H37BrClF2N3O4. The molecule has 0 spiro atoms. The van der Waals surface area contributed by atoms with Crippen molar-refractivity contribution in [1.82, 2.24) is 10.3 Å². The van der Waals surface area contributed by atoms with Crippen molar-refractivity contribution >= 4 is 56.1 Å². The molecule has 3 aromatic rings. The lowest BCUT2D eigenvalue weighted by molar-refractivity contribution is -0.155. The second-order valence-corrected chi connectivity index (χ2v) is 13.0. The van der Waals surface area contributed by atoms with Crippen LogP contribution < -0.4 is 15.0 Å². The van der Waals surface area contributed by atoms with Crippen LogP contribution in [0.3, 0.4) is 0 Å². The maximum Gasteiger partial charge on any atom is 0.387 e. The predicted octanol–water partition coefficient (Wildman–Crippen LogP) is 8.19. The van der Waals surface area contributed by atoms with Gasteiger partial charge in [0.1, 0.15) is 17.2 Å². The molecule has 232 valence electrons. The molecular weight excluding hydrogens is 644 g/mol. The number of esters is 1. The zero-order valence-electron chi connectivity index (χ0n) is 24.8. The largest absolute Gasteiger partial charge is 0.460 e. The summed E-state index contributed by atoms with van der Waals surface area (Å²) >= 11 is 10.0. The molecule has 2 aromatic carbocycles. The van der Waals surface area contributed by atoms with Crippen LogP contribution in [0.5, 0.6) is 5.75 Å². The van der Waals surface area contributed by atoms with Crippen LogP contribution in [0.1, 0.15) is 80.3 Å². The Hall–Kier alpha value is -2.98. The van der Waals surface area contributed by atoms with Gasteiger partial charge in [0.2, 0.25) is 0 Å². The summed E-state index contributed by atoms with van der Waals surface area (Å²) in [6, 6.07) is 10.1. The third-order valence-electron chi connectivity index (χ3n) is 7.31. The zero-order valence-corrected chi connectivity index (χ0v) is 27.2. The molecule has 11 heteroatoms. The maximum absolute atomic E-state index is 14.0. The summed E-state index contributed by atoms with van der Waals surface area (Å²) in [6.07, 6.45) is 3.44. The van der Waals surface area contributed by atoms with E-state index < -0.39 is 24.1 Å². The number of rotatable bonds is 10. The van der Waals surface area contributed by atoms with E-state index in [0.717, 1.165) is 48.2 Å². The third-order valence-corrected chi connectivity index (χ3v) is 8.13. The van der Waals surface area contributed by atoms with Crippen molar-refractivity contribution in [1.29, 1.82) is 0 Å². The second-order valence-electron chi connectivity index (χ2n) is 11.7. The van der Waals surface area contributed by atoms with Gasteiger partial charge in [-0.05, 0) is 83.7 Å². The van der Waals surface area contributed by atoms with E-state index in [4.69, 9.17) is 26.1 Å². The normalized spacial score (nSPS) is 14.6. The first kappa shape index (κ1) is 32.9. The first-order chi connectivity index (χ1) is 20.3. The van der Waals surface area contributed by atoms with Gasteiger partial charge in [0, 0.05) is 58.0 Å². The van der Waals surface area contributed by atoms with Crippen LogP contribution in [0.25, 0.3) is 10.9 Å². The Bertz CT molecular complexity index is 1480. The van der Waals surface area contributed by atoms with Gasteiger partial charge in [-0.1, -0.05) is 33.6 Å². The Balaban J connectivity index is 1.68. The molecule has 1 atom stereocenters. The number of nitrogens with one attached hydrogen (secondary N) is 1. The summed E-state index contributed by atoms with van der Waals surface area (Å²) < 4.78 is 37.7. The number of benzene rings is 2. The highest BCUT2D eigenvalue weighted by Crippen LogP contribution is 2.37. The second kappa shape index (κ2) is 14.2. The van der Waals surface area contributed by atoms with Crippen molar-refractivity contribution in [3.05, 3.63) is 62.6 Å². The van der Waals surface area contributed by atoms with Crippen LogP contribution >= 0.6 is 27.5 Å². The summed E-state index contributed by atoms with van der Waals surface area (Å²) in [5, 5.41) is 3.89. The van der Waals surface area contributed by atoms with Gasteiger partial charge in [-0.2, -0.15) is 8.78 Å². The molecule has 1 saturated heterocycles. The van der Waals surface area contributed by atoms with Crippen molar-refractivity contribution in [3.63, 3.8) is 0 Å². The summed E-state index contributed by atoms with van der Waals surface area (Å²) in [6.45, 7) is 5.87. The molecule has 43 heavy (non-hydrogen) atoms. The van der Waals surface area contributed by atoms with Gasteiger partial charge in [-0.3, -0.25) is 9.59 Å². The standard InChI is InChI=1S/C32H37BrClF2N3O4/c1-19-27(22-17-21(33)12-13-24(22)38-29(19)39-15-6-5-7-16-39)30(41)37-18-20(11-14-26(40)43-32(2,3)4)28-23(34)9-8-10-25(28)42-31(35)36/h8-10,12-13,17,20,31H,5-7,11,14-16,18H2,1-4H3,(H,37,41). The number of anilines is 1. The van der Waals surface area contributed by atoms with Gasteiger partial charge in [-0.25, -0.2) is 4.98 Å². The van der Waals surface area contributed by atoms with Gasteiger partial charge in [-0.15, -0.1) is 0 Å². The number of aromatic nitrogens is 1. The van der Waals surface area contributed by atoms with E-state index in [-0.39, 0.29) is 36.1 Å². The van der Waals surface area contributed by atoms with E-state index >= 15 is 0 Å². The maximum atomic E-state index is 14.0. The highest BCUT2D eigenvalue weighted by atomic mass is 79.9. The van der Waals surface area contributed by atoms with Crippen LogP contribution in [-0.4, -0.2) is 48.7 Å². The molecule has 1 fully saturated rings. The lowest BCUT2D eigenvalue weighted by atomic mass is 9.92. The summed E-state index contributed by atoms with van der Waals surface area (Å²) in [5.74, 6) is -0.737. The monoisotopic (exact) mass is 679 g/mol. The number of halogens is 4. The Morgan fingerprint density at radius 3 is 2.53 bits per heavy atom. The number of ether oxygens (including phenoxy) is 2. The van der Waals surface area contributed by atoms with Crippen molar-refractivity contribution < 1.29 is 27.8 Å². The summed E-state index contributed by atoms with van der Waals surface area (Å²) in [4.78, 5) is 33.7. The molecule has 1 aromatic heterocycles. The molecule has 1 amide bonds. The van der Waals surface area contributed by atoms with E-state index in [1.807, 2.05) is 25.1 Å². The quantitative estimate of drug-likeness (QED) is 0.218. The van der Waals surface area contributed by atoms with Crippen molar-refractivity contribution in [3.8, 4) is 5.75 Å². The lowest BCUT2D eigenvalue weighted by Gasteiger charge is -2.30. The molecule has 0 radical (unpaired) electrons. The molecule has 1 N–H and O–H groups in total. The Morgan fingerprint density at radius 1 is 1.14 bits per heavy atom. The molecule has 2 heterocycles. The number of fused-ring (bicyclic) bond motifs is 1. The fourth-order valence-electron chi connectivity index (χ4n) is 5.47. The number of hydrogen-bond acceptors (Lipinski definition) is 6. The molecule has 0 aliphatic carbocycles. The molecule has 4 rings (SSSR count). The smallest absolute Gasteiger partial charge is 0.387 e. The first-order valence-corrected chi connectivity index (χ1v) is 15.6. The van der Waals surface area contributed by atoms with Crippen molar-refractivity contribution in [2.24, 2.45) is 0 Å². The number of hydrogen-bond donors (Lipinski definition) is 1. The number of carbonyl (C=O) groups excluding carboxylic acids is 2. The van der Waals surface area contributed by atoms with E-state index in [1.165, 1.54) is 12.1 Å². The number of alkyl halides is 2. The van der Waals surface area contributed by atoms with Crippen LogP contribution in [0.15, 0.2) is 40.9 Å². The minimum atomic E-state index is -3.07. The number of pyridine rings is 1. The average molecular weight is 681 g/mol. The first-order valence-electron chi connectivity index (χ1n) is 14.4. The van der Waals surface area contributed by atoms with Crippen LogP contribution in [0, 0.1) is 6.92 Å². The molecule has 0 bridgehead atoms. The topological polar surface area (TPSA) is 80.8 Å². The molecule has 1 unspecified atom stereocenters. The fourth-order valence-corrected chi connectivity index (χ4v) is 6.15. The van der Waals surface area contributed by atoms with Crippen LogP contribution in [-0.2, 0) is 9.53 Å². The Labute approximate surface area is 264 Å². The number of piperidine rings is 1. The van der Waals surface area contributed by atoms with Gasteiger partial charge >= 0.3 is 12.6 Å². The van der Waals surface area contributed by atoms with Gasteiger partial charge in [0.15, 0.2) is 0 Å². The minimum absolute atomic E-state index is 0.0135. The van der Waals surface area contributed by atoms with E-state index in [1.54, 1.807) is 26.8 Å². The molecule has 1 aliphatic rings. The SMILES string of the molecule is Cc1c(N2CCCCC2)nc2ccc(Br)cc2c1C(=O)NCC(CCC(=O)OC(C)(C)C)c1c(Cl)cccc1OC(F)F. The van der Waals surface area contributed by atoms with Crippen molar-refractivity contribution in [2.45, 2.75) is 77.9 Å².